The molecule has 0 saturated heterocycles. The quantitative estimate of drug-likeness (QED) is 0.399. The van der Waals surface area contributed by atoms with E-state index in [-0.39, 0.29) is 33.7 Å². The number of nitro groups is 1. The maximum atomic E-state index is 11.1. The first-order valence-electron chi connectivity index (χ1n) is 5.71. The van der Waals surface area contributed by atoms with Crippen LogP contribution in [0.3, 0.4) is 0 Å². The third-order valence-electron chi connectivity index (χ3n) is 2.79. The summed E-state index contributed by atoms with van der Waals surface area (Å²) in [6, 6.07) is 5.62. The molecule has 10 heteroatoms. The van der Waals surface area contributed by atoms with Gasteiger partial charge < -0.3 is 9.73 Å². The summed E-state index contributed by atoms with van der Waals surface area (Å²) in [5, 5.41) is 28.9. The molecule has 3 aromatic rings. The van der Waals surface area contributed by atoms with Crippen molar-refractivity contribution < 1.29 is 19.0 Å². The Morgan fingerprint density at radius 2 is 1.95 bits per heavy atom. The van der Waals surface area contributed by atoms with Gasteiger partial charge in [0.15, 0.2) is 0 Å². The molecule has 1 aromatic carbocycles. The Morgan fingerprint density at radius 3 is 2.52 bits per heavy atom. The lowest BCUT2D eigenvalue weighted by atomic mass is 10.2. The van der Waals surface area contributed by atoms with Gasteiger partial charge in [-0.1, -0.05) is 5.16 Å². The third-order valence-corrected chi connectivity index (χ3v) is 2.79. The monoisotopic (exact) mass is 289 g/mol. The van der Waals surface area contributed by atoms with Crippen molar-refractivity contribution in [3.63, 3.8) is 0 Å². The molecule has 0 spiro atoms. The smallest absolute Gasteiger partial charge is 0.291 e. The van der Waals surface area contributed by atoms with Crippen LogP contribution in [0.5, 0.6) is 0 Å². The number of hydrogen-bond donors (Lipinski definition) is 0. The second-order valence-corrected chi connectivity index (χ2v) is 4.09. The summed E-state index contributed by atoms with van der Waals surface area (Å²) in [6.45, 7) is 1.50. The predicted molar refractivity (Wildman–Crippen MR) is 65.6 cm³/mol. The highest BCUT2D eigenvalue weighted by atomic mass is 16.8. The average Bonchev–Trinajstić information content (AvgIpc) is 3.07. The predicted octanol–water partition coefficient (Wildman–Crippen LogP) is 1.24. The van der Waals surface area contributed by atoms with E-state index in [1.807, 2.05) is 0 Å². The number of rotatable bonds is 3. The van der Waals surface area contributed by atoms with E-state index >= 15 is 0 Å². The molecule has 0 amide bonds. The second-order valence-electron chi connectivity index (χ2n) is 4.09. The number of aromatic nitrogens is 4. The molecule has 2 heterocycles. The molecule has 0 bridgehead atoms. The highest BCUT2D eigenvalue weighted by Crippen LogP contribution is 2.23. The molecule has 0 aliphatic carbocycles. The first-order chi connectivity index (χ1) is 10.1. The fourth-order valence-corrected chi connectivity index (χ4v) is 1.66. The minimum atomic E-state index is -0.505. The zero-order chi connectivity index (χ0) is 15.0. The van der Waals surface area contributed by atoms with E-state index in [1.165, 1.54) is 31.2 Å². The fraction of sp³-hybridized carbons (Fsp3) is 0.0909. The van der Waals surface area contributed by atoms with Crippen molar-refractivity contribution in [2.24, 2.45) is 0 Å². The standard InChI is InChI=1S/C11H7N5O5/c1-6-9(13-21-16(6)19)10-12-11(20-14-10)7-2-4-8(5-3-7)15(17)18/h2-5H,1H3. The molecular formula is C11H7N5O5. The van der Waals surface area contributed by atoms with Crippen LogP contribution >= 0.6 is 0 Å². The molecule has 0 radical (unpaired) electrons. The highest BCUT2D eigenvalue weighted by molar-refractivity contribution is 5.59. The minimum absolute atomic E-state index is 0.0433. The number of hydrogen-bond acceptors (Lipinski definition) is 8. The van der Waals surface area contributed by atoms with E-state index in [4.69, 9.17) is 4.52 Å². The molecule has 0 aliphatic heterocycles. The maximum Gasteiger partial charge on any atom is 0.291 e. The lowest BCUT2D eigenvalue weighted by Crippen LogP contribution is -2.25. The van der Waals surface area contributed by atoms with Gasteiger partial charge >= 0.3 is 0 Å². The van der Waals surface area contributed by atoms with Crippen LogP contribution in [-0.2, 0) is 0 Å². The Labute approximate surface area is 116 Å². The summed E-state index contributed by atoms with van der Waals surface area (Å²) in [4.78, 5) is 14.4. The first kappa shape index (κ1) is 12.7. The van der Waals surface area contributed by atoms with Gasteiger partial charge in [0.05, 0.1) is 10.1 Å². The Hall–Kier alpha value is -3.30. The van der Waals surface area contributed by atoms with Crippen molar-refractivity contribution in [3.8, 4) is 23.0 Å². The van der Waals surface area contributed by atoms with E-state index in [9.17, 15) is 15.3 Å². The Bertz CT molecular complexity index is 807. The van der Waals surface area contributed by atoms with Crippen LogP contribution in [0, 0.1) is 22.2 Å². The van der Waals surface area contributed by atoms with Gasteiger partial charge in [0.2, 0.25) is 5.69 Å². The van der Waals surface area contributed by atoms with Crippen molar-refractivity contribution in [3.05, 3.63) is 45.3 Å². The van der Waals surface area contributed by atoms with Crippen LogP contribution in [0.25, 0.3) is 23.0 Å². The molecule has 21 heavy (non-hydrogen) atoms. The Kier molecular flexibility index (Phi) is 2.83. The van der Waals surface area contributed by atoms with E-state index in [1.54, 1.807) is 0 Å². The lowest BCUT2D eigenvalue weighted by molar-refractivity contribution is -0.806. The Balaban J connectivity index is 1.94. The zero-order valence-electron chi connectivity index (χ0n) is 10.6. The van der Waals surface area contributed by atoms with E-state index in [0.717, 1.165) is 0 Å². The van der Waals surface area contributed by atoms with Gasteiger partial charge in [-0.2, -0.15) is 4.98 Å². The summed E-state index contributed by atoms with van der Waals surface area (Å²) < 4.78 is 9.47. The Morgan fingerprint density at radius 1 is 1.24 bits per heavy atom. The number of non-ortho nitro benzene ring substituents is 1. The van der Waals surface area contributed by atoms with Crippen LogP contribution in [0.2, 0.25) is 0 Å². The molecule has 106 valence electrons. The minimum Gasteiger partial charge on any atom is -0.359 e. The van der Waals surface area contributed by atoms with Gasteiger partial charge in [-0.15, -0.1) is 0 Å². The third kappa shape index (κ3) is 2.18. The van der Waals surface area contributed by atoms with E-state index in [0.29, 0.717) is 5.56 Å². The summed E-state index contributed by atoms with van der Waals surface area (Å²) in [6.07, 6.45) is 0. The summed E-state index contributed by atoms with van der Waals surface area (Å²) in [5.74, 6) is 0.249. The fourth-order valence-electron chi connectivity index (χ4n) is 1.66. The molecule has 0 fully saturated rings. The van der Waals surface area contributed by atoms with Crippen LogP contribution < -0.4 is 4.90 Å². The van der Waals surface area contributed by atoms with Crippen LogP contribution in [0.15, 0.2) is 33.4 Å². The van der Waals surface area contributed by atoms with Gasteiger partial charge in [0.25, 0.3) is 23.1 Å². The normalized spacial score (nSPS) is 10.7. The number of benzene rings is 1. The van der Waals surface area contributed by atoms with Crippen molar-refractivity contribution >= 4 is 5.69 Å². The molecule has 0 N–H and O–H groups in total. The maximum absolute atomic E-state index is 11.1. The summed E-state index contributed by atoms with van der Waals surface area (Å²) >= 11 is 0. The topological polar surface area (TPSA) is 135 Å². The van der Waals surface area contributed by atoms with Crippen LogP contribution in [0.1, 0.15) is 5.69 Å². The van der Waals surface area contributed by atoms with Crippen molar-refractivity contribution in [2.75, 3.05) is 0 Å². The van der Waals surface area contributed by atoms with Gasteiger partial charge in [-0.3, -0.25) is 14.7 Å². The number of nitrogens with zero attached hydrogens (tertiary/aromatic N) is 5. The largest absolute Gasteiger partial charge is 0.359 e. The molecule has 10 nitrogen and oxygen atoms in total. The summed E-state index contributed by atoms with van der Waals surface area (Å²) in [7, 11) is 0. The highest BCUT2D eigenvalue weighted by Gasteiger charge is 2.23. The average molecular weight is 289 g/mol. The molecule has 0 saturated carbocycles. The molecular weight excluding hydrogens is 282 g/mol. The van der Waals surface area contributed by atoms with Gasteiger partial charge in [0.1, 0.15) is 0 Å². The molecule has 0 unspecified atom stereocenters. The van der Waals surface area contributed by atoms with Crippen molar-refractivity contribution in [2.45, 2.75) is 6.92 Å². The van der Waals surface area contributed by atoms with Crippen LogP contribution in [0.4, 0.5) is 5.69 Å². The van der Waals surface area contributed by atoms with Gasteiger partial charge in [-0.25, -0.2) is 0 Å². The molecule has 2 aromatic heterocycles. The van der Waals surface area contributed by atoms with Gasteiger partial charge in [0, 0.05) is 24.6 Å². The SMILES string of the molecule is Cc1c(-c2noc(-c3ccc([N+](=O)[O-])cc3)n2)no[n+]1[O-]. The lowest BCUT2D eigenvalue weighted by Gasteiger charge is -1.93. The van der Waals surface area contributed by atoms with Crippen LogP contribution in [-0.4, -0.2) is 20.2 Å². The first-order valence-corrected chi connectivity index (χ1v) is 5.71. The van der Waals surface area contributed by atoms with Gasteiger partial charge in [-0.05, 0) is 17.0 Å². The van der Waals surface area contributed by atoms with Crippen molar-refractivity contribution in [1.29, 1.82) is 0 Å². The number of nitro benzene ring substituents is 1. The molecule has 0 atom stereocenters. The molecule has 3 rings (SSSR count). The summed E-state index contributed by atoms with van der Waals surface area (Å²) in [5.41, 5.74) is 0.835. The van der Waals surface area contributed by atoms with Crippen molar-refractivity contribution in [1.82, 2.24) is 15.3 Å². The van der Waals surface area contributed by atoms with E-state index < -0.39 is 4.92 Å². The van der Waals surface area contributed by atoms with E-state index in [2.05, 4.69) is 19.9 Å². The molecule has 0 aliphatic rings. The second kappa shape index (κ2) is 4.67. The zero-order valence-corrected chi connectivity index (χ0v) is 10.6.